The maximum atomic E-state index is 12.5. The molecule has 1 atom stereocenters. The van der Waals surface area contributed by atoms with E-state index in [9.17, 15) is 9.90 Å². The summed E-state index contributed by atoms with van der Waals surface area (Å²) in [7, 11) is 0. The Morgan fingerprint density at radius 3 is 3.05 bits per heavy atom. The molecule has 1 fully saturated rings. The van der Waals surface area contributed by atoms with Crippen molar-refractivity contribution in [3.63, 3.8) is 0 Å². The molecule has 1 aliphatic rings. The zero-order valence-corrected chi connectivity index (χ0v) is 14.2. The number of carbonyl (C=O) groups excluding carboxylic acids is 1. The van der Waals surface area contributed by atoms with Crippen molar-refractivity contribution in [2.75, 3.05) is 6.54 Å². The highest BCUT2D eigenvalue weighted by Crippen LogP contribution is 2.27. The second kappa shape index (κ2) is 5.66. The minimum absolute atomic E-state index is 0.0574. The van der Waals surface area contributed by atoms with Crippen LogP contribution >= 0.6 is 11.3 Å². The number of aryl methyl sites for hydroxylation is 2. The van der Waals surface area contributed by atoms with Gasteiger partial charge in [0.2, 0.25) is 5.91 Å². The molecule has 1 saturated heterocycles. The number of rotatable bonds is 4. The topological polar surface area (TPSA) is 57.8 Å². The third-order valence-electron chi connectivity index (χ3n) is 4.39. The minimum atomic E-state index is -0.830. The van der Waals surface area contributed by atoms with Gasteiger partial charge in [-0.1, -0.05) is 0 Å². The average molecular weight is 321 g/mol. The molecule has 2 aromatic rings. The molecule has 1 unspecified atom stereocenters. The highest BCUT2D eigenvalue weighted by atomic mass is 32.1. The van der Waals surface area contributed by atoms with Crippen LogP contribution in [0.2, 0.25) is 0 Å². The highest BCUT2D eigenvalue weighted by Gasteiger charge is 2.38. The van der Waals surface area contributed by atoms with Crippen molar-refractivity contribution in [2.45, 2.75) is 58.1 Å². The van der Waals surface area contributed by atoms with Crippen molar-refractivity contribution in [2.24, 2.45) is 0 Å². The molecule has 3 heterocycles. The predicted molar refractivity (Wildman–Crippen MR) is 87.2 cm³/mol. The number of aliphatic hydroxyl groups is 1. The van der Waals surface area contributed by atoms with Crippen LogP contribution in [0.5, 0.6) is 0 Å². The first-order chi connectivity index (χ1) is 10.4. The van der Waals surface area contributed by atoms with E-state index < -0.39 is 5.60 Å². The molecular formula is C16H23N3O2S. The van der Waals surface area contributed by atoms with E-state index in [1.165, 1.54) is 0 Å². The number of hydrogen-bond acceptors (Lipinski definition) is 4. The number of likely N-dealkylation sites (tertiary alicyclic amines) is 1. The first-order valence-corrected chi connectivity index (χ1v) is 8.68. The Morgan fingerprint density at radius 2 is 2.32 bits per heavy atom. The number of fused-ring (bicyclic) bond motifs is 1. The van der Waals surface area contributed by atoms with Crippen LogP contribution in [-0.2, 0) is 11.2 Å². The van der Waals surface area contributed by atoms with Gasteiger partial charge < -0.3 is 10.0 Å². The number of hydrogen-bond donors (Lipinski definition) is 1. The van der Waals surface area contributed by atoms with Crippen LogP contribution in [0, 0.1) is 6.92 Å². The molecule has 3 rings (SSSR count). The molecular weight excluding hydrogens is 298 g/mol. The Kier molecular flexibility index (Phi) is 3.99. The van der Waals surface area contributed by atoms with Gasteiger partial charge in [0.15, 0.2) is 4.96 Å². The van der Waals surface area contributed by atoms with E-state index in [1.54, 1.807) is 25.2 Å². The van der Waals surface area contributed by atoms with Gasteiger partial charge in [0, 0.05) is 30.2 Å². The lowest BCUT2D eigenvalue weighted by Crippen LogP contribution is -2.48. The van der Waals surface area contributed by atoms with Gasteiger partial charge in [-0.15, -0.1) is 11.3 Å². The molecule has 0 bridgehead atoms. The van der Waals surface area contributed by atoms with Crippen LogP contribution < -0.4 is 0 Å². The molecule has 6 heteroatoms. The molecule has 1 amide bonds. The standard InChI is InChI=1S/C16H23N3O2S/c1-11-9-19-12(10-22-15(19)17-11)6-7-14(20)18-8-4-5-13(18)16(2,3)21/h9-10,13,21H,4-8H2,1-3H3. The lowest BCUT2D eigenvalue weighted by molar-refractivity contribution is -0.136. The molecule has 0 radical (unpaired) electrons. The van der Waals surface area contributed by atoms with Crippen LogP contribution in [0.1, 0.15) is 44.5 Å². The summed E-state index contributed by atoms with van der Waals surface area (Å²) in [5.41, 5.74) is 1.30. The van der Waals surface area contributed by atoms with E-state index >= 15 is 0 Å². The van der Waals surface area contributed by atoms with Gasteiger partial charge in [-0.25, -0.2) is 4.98 Å². The fourth-order valence-corrected chi connectivity index (χ4v) is 4.25. The van der Waals surface area contributed by atoms with E-state index in [4.69, 9.17) is 0 Å². The number of aromatic nitrogens is 2. The molecule has 5 nitrogen and oxygen atoms in total. The number of thiazole rings is 1. The number of imidazole rings is 1. The second-order valence-electron chi connectivity index (χ2n) is 6.66. The van der Waals surface area contributed by atoms with Crippen molar-refractivity contribution >= 4 is 22.2 Å². The van der Waals surface area contributed by atoms with Crippen LogP contribution in [0.4, 0.5) is 0 Å². The maximum Gasteiger partial charge on any atom is 0.223 e. The lowest BCUT2D eigenvalue weighted by Gasteiger charge is -2.33. The Labute approximate surface area is 134 Å². The van der Waals surface area contributed by atoms with Gasteiger partial charge in [-0.3, -0.25) is 9.20 Å². The van der Waals surface area contributed by atoms with E-state index in [-0.39, 0.29) is 11.9 Å². The van der Waals surface area contributed by atoms with E-state index in [2.05, 4.69) is 14.8 Å². The zero-order chi connectivity index (χ0) is 15.9. The summed E-state index contributed by atoms with van der Waals surface area (Å²) in [6.45, 7) is 6.32. The van der Waals surface area contributed by atoms with Gasteiger partial charge in [0.1, 0.15) is 0 Å². The number of carbonyl (C=O) groups is 1. The van der Waals surface area contributed by atoms with Crippen LogP contribution in [0.3, 0.4) is 0 Å². The molecule has 0 aliphatic carbocycles. The third kappa shape index (κ3) is 2.90. The second-order valence-corrected chi connectivity index (χ2v) is 7.50. The predicted octanol–water partition coefficient (Wildman–Crippen LogP) is 2.40. The summed E-state index contributed by atoms with van der Waals surface area (Å²) < 4.78 is 2.07. The van der Waals surface area contributed by atoms with E-state index in [0.717, 1.165) is 35.7 Å². The molecule has 120 valence electrons. The molecule has 2 aromatic heterocycles. The Balaban J connectivity index is 1.67. The fraction of sp³-hybridized carbons (Fsp3) is 0.625. The molecule has 0 saturated carbocycles. The largest absolute Gasteiger partial charge is 0.388 e. The van der Waals surface area contributed by atoms with Gasteiger partial charge >= 0.3 is 0 Å². The quantitative estimate of drug-likeness (QED) is 0.941. The summed E-state index contributed by atoms with van der Waals surface area (Å²) in [4.78, 5) is 19.8. The molecule has 22 heavy (non-hydrogen) atoms. The van der Waals surface area contributed by atoms with Crippen molar-refractivity contribution < 1.29 is 9.90 Å². The average Bonchev–Trinajstić information content (AvgIpc) is 3.09. The Morgan fingerprint density at radius 1 is 1.55 bits per heavy atom. The molecule has 0 aromatic carbocycles. The van der Waals surface area contributed by atoms with E-state index in [1.807, 2.05) is 18.0 Å². The van der Waals surface area contributed by atoms with Gasteiger partial charge in [0.05, 0.1) is 17.3 Å². The monoisotopic (exact) mass is 321 g/mol. The summed E-state index contributed by atoms with van der Waals surface area (Å²) >= 11 is 1.61. The normalized spacial score (nSPS) is 19.3. The zero-order valence-electron chi connectivity index (χ0n) is 13.4. The number of amides is 1. The van der Waals surface area contributed by atoms with Gasteiger partial charge in [-0.2, -0.15) is 0 Å². The summed E-state index contributed by atoms with van der Waals surface area (Å²) in [5, 5.41) is 12.3. The smallest absolute Gasteiger partial charge is 0.223 e. The summed E-state index contributed by atoms with van der Waals surface area (Å²) in [5.74, 6) is 0.140. The SMILES string of the molecule is Cc1cn2c(CCC(=O)N3CCCC3C(C)(C)O)csc2n1. The fourth-order valence-electron chi connectivity index (χ4n) is 3.30. The Bertz CT molecular complexity index is 683. The van der Waals surface area contributed by atoms with Crippen molar-refractivity contribution in [3.05, 3.63) is 23.0 Å². The van der Waals surface area contributed by atoms with Crippen LogP contribution in [0.15, 0.2) is 11.6 Å². The first kappa shape index (κ1) is 15.5. The Hall–Kier alpha value is -1.40. The highest BCUT2D eigenvalue weighted by molar-refractivity contribution is 7.15. The first-order valence-electron chi connectivity index (χ1n) is 7.80. The molecule has 0 spiro atoms. The van der Waals surface area contributed by atoms with Gasteiger partial charge in [-0.05, 0) is 40.0 Å². The van der Waals surface area contributed by atoms with Crippen molar-refractivity contribution in [3.8, 4) is 0 Å². The lowest BCUT2D eigenvalue weighted by atomic mass is 9.96. The van der Waals surface area contributed by atoms with E-state index in [0.29, 0.717) is 12.8 Å². The minimum Gasteiger partial charge on any atom is -0.388 e. The molecule has 1 N–H and O–H groups in total. The van der Waals surface area contributed by atoms with Crippen LogP contribution in [-0.4, -0.2) is 43.5 Å². The van der Waals surface area contributed by atoms with Crippen LogP contribution in [0.25, 0.3) is 4.96 Å². The summed E-state index contributed by atoms with van der Waals surface area (Å²) in [6.07, 6.45) is 5.07. The maximum absolute atomic E-state index is 12.5. The van der Waals surface area contributed by atoms with Crippen molar-refractivity contribution in [1.82, 2.24) is 14.3 Å². The van der Waals surface area contributed by atoms with Crippen molar-refractivity contribution in [1.29, 1.82) is 0 Å². The number of nitrogens with zero attached hydrogens (tertiary/aromatic N) is 3. The molecule has 1 aliphatic heterocycles. The third-order valence-corrected chi connectivity index (χ3v) is 5.28. The summed E-state index contributed by atoms with van der Waals surface area (Å²) in [6, 6.07) is -0.0574. The van der Waals surface area contributed by atoms with Gasteiger partial charge in [0.25, 0.3) is 0 Å².